The summed E-state index contributed by atoms with van der Waals surface area (Å²) in [6, 6.07) is 13.5. The third-order valence-corrected chi connectivity index (χ3v) is 3.42. The van der Waals surface area contributed by atoms with Gasteiger partial charge in [0, 0.05) is 11.0 Å². The second kappa shape index (κ2) is 6.23. The van der Waals surface area contributed by atoms with E-state index in [1.807, 2.05) is 36.4 Å². The first-order valence-electron chi connectivity index (χ1n) is 5.55. The van der Waals surface area contributed by atoms with Crippen LogP contribution >= 0.6 is 27.5 Å². The van der Waals surface area contributed by atoms with E-state index in [9.17, 15) is 0 Å². The van der Waals surface area contributed by atoms with Crippen molar-refractivity contribution in [2.24, 2.45) is 5.73 Å². The van der Waals surface area contributed by atoms with Crippen LogP contribution in [0, 0.1) is 0 Å². The summed E-state index contributed by atoms with van der Waals surface area (Å²) >= 11 is 9.46. The maximum atomic E-state index is 6.07. The minimum Gasteiger partial charge on any atom is -0.487 e. The number of rotatable bonds is 4. The monoisotopic (exact) mass is 325 g/mol. The Morgan fingerprint density at radius 2 is 1.83 bits per heavy atom. The molecule has 0 saturated heterocycles. The van der Waals surface area contributed by atoms with Crippen LogP contribution < -0.4 is 10.5 Å². The number of hydrogen-bond donors (Lipinski definition) is 1. The van der Waals surface area contributed by atoms with Gasteiger partial charge >= 0.3 is 0 Å². The Kier molecular flexibility index (Phi) is 4.64. The molecule has 0 aromatic heterocycles. The van der Waals surface area contributed by atoms with Gasteiger partial charge in [-0.3, -0.25) is 0 Å². The van der Waals surface area contributed by atoms with Crippen molar-refractivity contribution in [1.29, 1.82) is 0 Å². The maximum Gasteiger partial charge on any atom is 0.139 e. The first kappa shape index (κ1) is 13.4. The molecule has 0 spiro atoms. The topological polar surface area (TPSA) is 35.2 Å². The largest absolute Gasteiger partial charge is 0.487 e. The van der Waals surface area contributed by atoms with Crippen molar-refractivity contribution in [3.8, 4) is 5.75 Å². The van der Waals surface area contributed by atoms with E-state index in [-0.39, 0.29) is 0 Å². The molecule has 18 heavy (non-hydrogen) atoms. The average Bonchev–Trinajstić information content (AvgIpc) is 2.40. The number of halogens is 2. The fraction of sp³-hybridized carbons (Fsp3) is 0.143. The predicted octanol–water partition coefficient (Wildman–Crippen LogP) is 4.14. The minimum absolute atomic E-state index is 0.462. The highest BCUT2D eigenvalue weighted by molar-refractivity contribution is 9.10. The van der Waals surface area contributed by atoms with E-state index in [0.717, 1.165) is 15.6 Å². The van der Waals surface area contributed by atoms with Gasteiger partial charge in [-0.25, -0.2) is 0 Å². The lowest BCUT2D eigenvalue weighted by Gasteiger charge is -2.11. The van der Waals surface area contributed by atoms with Gasteiger partial charge < -0.3 is 10.5 Å². The van der Waals surface area contributed by atoms with Crippen LogP contribution in [0.1, 0.15) is 11.1 Å². The molecular formula is C14H13BrClNO. The molecular weight excluding hydrogens is 314 g/mol. The second-order valence-electron chi connectivity index (χ2n) is 3.84. The molecule has 2 aromatic carbocycles. The van der Waals surface area contributed by atoms with Crippen LogP contribution in [-0.2, 0) is 13.2 Å². The van der Waals surface area contributed by atoms with Gasteiger partial charge in [-0.15, -0.1) is 0 Å². The number of hydrogen-bond acceptors (Lipinski definition) is 2. The van der Waals surface area contributed by atoms with Gasteiger partial charge in [0.1, 0.15) is 12.4 Å². The van der Waals surface area contributed by atoms with Gasteiger partial charge in [0.2, 0.25) is 0 Å². The minimum atomic E-state index is 0.462. The molecule has 0 saturated carbocycles. The summed E-state index contributed by atoms with van der Waals surface area (Å²) in [5, 5.41) is 0.600. The molecule has 0 bridgehead atoms. The van der Waals surface area contributed by atoms with Gasteiger partial charge in [0.05, 0.1) is 5.02 Å². The van der Waals surface area contributed by atoms with Crippen LogP contribution in [0.2, 0.25) is 5.02 Å². The molecule has 4 heteroatoms. The molecule has 0 aliphatic rings. The Hall–Kier alpha value is -1.03. The Labute approximate surface area is 120 Å². The first-order valence-corrected chi connectivity index (χ1v) is 6.72. The molecule has 94 valence electrons. The average molecular weight is 327 g/mol. The number of nitrogens with two attached hydrogens (primary N) is 1. The fourth-order valence-corrected chi connectivity index (χ4v) is 2.15. The van der Waals surface area contributed by atoms with Gasteiger partial charge in [-0.2, -0.15) is 0 Å². The third kappa shape index (κ3) is 3.25. The third-order valence-electron chi connectivity index (χ3n) is 2.61. The molecule has 0 unspecified atom stereocenters. The number of ether oxygens (including phenoxy) is 1. The van der Waals surface area contributed by atoms with Crippen molar-refractivity contribution in [3.63, 3.8) is 0 Å². The summed E-state index contributed by atoms with van der Waals surface area (Å²) < 4.78 is 6.67. The molecule has 0 fully saturated rings. The lowest BCUT2D eigenvalue weighted by atomic mass is 10.1. The highest BCUT2D eigenvalue weighted by Gasteiger charge is 2.05. The molecule has 0 aliphatic carbocycles. The SMILES string of the molecule is NCc1ccccc1COc1cc(Br)ccc1Cl. The highest BCUT2D eigenvalue weighted by atomic mass is 79.9. The van der Waals surface area contributed by atoms with Crippen molar-refractivity contribution in [2.45, 2.75) is 13.2 Å². The quantitative estimate of drug-likeness (QED) is 0.916. The predicted molar refractivity (Wildman–Crippen MR) is 77.8 cm³/mol. The fourth-order valence-electron chi connectivity index (χ4n) is 1.64. The Morgan fingerprint density at radius 3 is 2.56 bits per heavy atom. The summed E-state index contributed by atoms with van der Waals surface area (Å²) in [7, 11) is 0. The zero-order valence-corrected chi connectivity index (χ0v) is 12.0. The maximum absolute atomic E-state index is 6.07. The summed E-state index contributed by atoms with van der Waals surface area (Å²) in [5.74, 6) is 0.665. The van der Waals surface area contributed by atoms with Gasteiger partial charge in [0.15, 0.2) is 0 Å². The second-order valence-corrected chi connectivity index (χ2v) is 5.16. The van der Waals surface area contributed by atoms with Gasteiger partial charge in [-0.05, 0) is 29.3 Å². The molecule has 0 heterocycles. The standard InChI is InChI=1S/C14H13BrClNO/c15-12-5-6-13(16)14(7-12)18-9-11-4-2-1-3-10(11)8-17/h1-7H,8-9,17H2. The normalized spacial score (nSPS) is 10.4. The van der Waals surface area contributed by atoms with E-state index in [1.165, 1.54) is 0 Å². The molecule has 0 aliphatic heterocycles. The molecule has 2 N–H and O–H groups in total. The molecule has 2 nitrogen and oxygen atoms in total. The molecule has 0 radical (unpaired) electrons. The summed E-state index contributed by atoms with van der Waals surface area (Å²) in [4.78, 5) is 0. The molecule has 2 rings (SSSR count). The van der Waals surface area contributed by atoms with Crippen LogP contribution in [0.25, 0.3) is 0 Å². The van der Waals surface area contributed by atoms with Crippen LogP contribution in [0.15, 0.2) is 46.9 Å². The lowest BCUT2D eigenvalue weighted by Crippen LogP contribution is -2.04. The Bertz CT molecular complexity index is 545. The van der Waals surface area contributed by atoms with Gasteiger partial charge in [0.25, 0.3) is 0 Å². The molecule has 0 atom stereocenters. The zero-order valence-electron chi connectivity index (χ0n) is 9.70. The van der Waals surface area contributed by atoms with Crippen molar-refractivity contribution in [2.75, 3.05) is 0 Å². The van der Waals surface area contributed by atoms with Crippen LogP contribution in [-0.4, -0.2) is 0 Å². The summed E-state index contributed by atoms with van der Waals surface area (Å²) in [5.41, 5.74) is 7.85. The lowest BCUT2D eigenvalue weighted by molar-refractivity contribution is 0.305. The van der Waals surface area contributed by atoms with E-state index in [2.05, 4.69) is 15.9 Å². The van der Waals surface area contributed by atoms with Crippen LogP contribution in [0.5, 0.6) is 5.75 Å². The summed E-state index contributed by atoms with van der Waals surface area (Å²) in [6.07, 6.45) is 0. The van der Waals surface area contributed by atoms with Crippen LogP contribution in [0.3, 0.4) is 0 Å². The van der Waals surface area contributed by atoms with Crippen molar-refractivity contribution in [3.05, 3.63) is 63.1 Å². The summed E-state index contributed by atoms with van der Waals surface area (Å²) in [6.45, 7) is 0.968. The van der Waals surface area contributed by atoms with Crippen LogP contribution in [0.4, 0.5) is 0 Å². The first-order chi connectivity index (χ1) is 8.70. The Balaban J connectivity index is 2.14. The van der Waals surface area contributed by atoms with Crippen molar-refractivity contribution in [1.82, 2.24) is 0 Å². The highest BCUT2D eigenvalue weighted by Crippen LogP contribution is 2.28. The zero-order chi connectivity index (χ0) is 13.0. The smallest absolute Gasteiger partial charge is 0.139 e. The molecule has 0 amide bonds. The van der Waals surface area contributed by atoms with Crippen molar-refractivity contribution >= 4 is 27.5 Å². The molecule has 2 aromatic rings. The van der Waals surface area contributed by atoms with E-state index < -0.39 is 0 Å². The van der Waals surface area contributed by atoms with E-state index >= 15 is 0 Å². The van der Waals surface area contributed by atoms with Gasteiger partial charge in [-0.1, -0.05) is 51.8 Å². The van der Waals surface area contributed by atoms with E-state index in [4.69, 9.17) is 22.1 Å². The van der Waals surface area contributed by atoms with E-state index in [1.54, 1.807) is 6.07 Å². The number of benzene rings is 2. The van der Waals surface area contributed by atoms with Crippen molar-refractivity contribution < 1.29 is 4.74 Å². The Morgan fingerprint density at radius 1 is 1.11 bits per heavy atom. The van der Waals surface area contributed by atoms with E-state index in [0.29, 0.717) is 23.9 Å².